The molecule has 1 aromatic carbocycles. The quantitative estimate of drug-likeness (QED) is 0.790. The van der Waals surface area contributed by atoms with Gasteiger partial charge < -0.3 is 14.8 Å². The number of aromatic nitrogens is 2. The van der Waals surface area contributed by atoms with Crippen molar-refractivity contribution in [2.24, 2.45) is 5.92 Å². The molecule has 4 heterocycles. The van der Waals surface area contributed by atoms with Crippen molar-refractivity contribution in [1.29, 1.82) is 0 Å². The van der Waals surface area contributed by atoms with Crippen molar-refractivity contribution in [2.75, 3.05) is 31.6 Å². The number of H-pyrrole nitrogens is 1. The summed E-state index contributed by atoms with van der Waals surface area (Å²) >= 11 is 0. The van der Waals surface area contributed by atoms with Gasteiger partial charge in [0.1, 0.15) is 0 Å². The van der Waals surface area contributed by atoms with Crippen LogP contribution in [0.25, 0.3) is 22.0 Å². The molecular weight excluding hydrogens is 284 g/mol. The minimum atomic E-state index is 0.727. The van der Waals surface area contributed by atoms with Crippen molar-refractivity contribution in [2.45, 2.75) is 6.04 Å². The highest BCUT2D eigenvalue weighted by atomic mass is 15.3. The number of aromatic amines is 1. The van der Waals surface area contributed by atoms with Gasteiger partial charge in [-0.15, -0.1) is 0 Å². The van der Waals surface area contributed by atoms with Gasteiger partial charge in [-0.25, -0.2) is 0 Å². The SMILES string of the molecule is CN1C[C@@H]2CN(c3cncc(-c4cccc5cc[nH]c45)c3)C[C@H]21. The molecule has 0 bridgehead atoms. The molecule has 2 fully saturated rings. The Morgan fingerprint density at radius 3 is 2.96 bits per heavy atom. The van der Waals surface area contributed by atoms with Crippen LogP contribution in [0.5, 0.6) is 0 Å². The molecule has 2 aliphatic rings. The molecule has 2 atom stereocenters. The first-order valence-electron chi connectivity index (χ1n) is 8.26. The molecule has 0 aliphatic carbocycles. The predicted octanol–water partition coefficient (Wildman–Crippen LogP) is 2.98. The Bertz CT molecular complexity index is 868. The molecule has 4 heteroatoms. The molecule has 23 heavy (non-hydrogen) atoms. The fourth-order valence-corrected chi connectivity index (χ4v) is 4.18. The van der Waals surface area contributed by atoms with Gasteiger partial charge >= 0.3 is 0 Å². The van der Waals surface area contributed by atoms with Gasteiger partial charge in [0.25, 0.3) is 0 Å². The van der Waals surface area contributed by atoms with Crippen molar-refractivity contribution in [1.82, 2.24) is 14.9 Å². The summed E-state index contributed by atoms with van der Waals surface area (Å²) in [5.74, 6) is 0.829. The van der Waals surface area contributed by atoms with Crippen LogP contribution in [0.4, 0.5) is 5.69 Å². The largest absolute Gasteiger partial charge is 0.368 e. The number of nitrogens with one attached hydrogen (secondary N) is 1. The third-order valence-corrected chi connectivity index (χ3v) is 5.48. The summed E-state index contributed by atoms with van der Waals surface area (Å²) in [6.45, 7) is 3.52. The van der Waals surface area contributed by atoms with E-state index >= 15 is 0 Å². The van der Waals surface area contributed by atoms with Gasteiger partial charge in [0.2, 0.25) is 0 Å². The first-order chi connectivity index (χ1) is 11.3. The second kappa shape index (κ2) is 4.83. The summed E-state index contributed by atoms with van der Waals surface area (Å²) in [4.78, 5) is 12.8. The topological polar surface area (TPSA) is 35.2 Å². The van der Waals surface area contributed by atoms with Crippen LogP contribution < -0.4 is 4.90 Å². The van der Waals surface area contributed by atoms with Gasteiger partial charge in [-0.3, -0.25) is 4.98 Å². The number of benzene rings is 1. The molecule has 1 N–H and O–H groups in total. The molecule has 5 rings (SSSR count). The van der Waals surface area contributed by atoms with Crippen molar-refractivity contribution >= 4 is 16.6 Å². The summed E-state index contributed by atoms with van der Waals surface area (Å²) in [6.07, 6.45) is 5.97. The van der Waals surface area contributed by atoms with E-state index in [4.69, 9.17) is 0 Å². The number of pyridine rings is 1. The second-order valence-corrected chi connectivity index (χ2v) is 6.85. The highest BCUT2D eigenvalue weighted by Crippen LogP contribution is 2.35. The number of likely N-dealkylation sites (tertiary alicyclic amines) is 1. The zero-order valence-corrected chi connectivity index (χ0v) is 13.2. The number of fused-ring (bicyclic) bond motifs is 2. The molecule has 0 spiro atoms. The molecule has 4 nitrogen and oxygen atoms in total. The summed E-state index contributed by atoms with van der Waals surface area (Å²) in [5.41, 5.74) is 4.84. The molecule has 2 saturated heterocycles. The fourth-order valence-electron chi connectivity index (χ4n) is 4.18. The predicted molar refractivity (Wildman–Crippen MR) is 93.7 cm³/mol. The highest BCUT2D eigenvalue weighted by Gasteiger charge is 2.43. The number of rotatable bonds is 2. The summed E-state index contributed by atoms with van der Waals surface area (Å²) in [6, 6.07) is 11.5. The summed E-state index contributed by atoms with van der Waals surface area (Å²) in [7, 11) is 2.23. The van der Waals surface area contributed by atoms with Gasteiger partial charge in [0, 0.05) is 55.1 Å². The maximum absolute atomic E-state index is 4.52. The Kier molecular flexibility index (Phi) is 2.76. The minimum absolute atomic E-state index is 0.727. The monoisotopic (exact) mass is 304 g/mol. The highest BCUT2D eigenvalue weighted by molar-refractivity contribution is 5.94. The van der Waals surface area contributed by atoms with Crippen LogP contribution in [0.15, 0.2) is 48.9 Å². The van der Waals surface area contributed by atoms with Gasteiger partial charge in [-0.1, -0.05) is 18.2 Å². The molecular formula is C19H20N4. The van der Waals surface area contributed by atoms with Crippen LogP contribution in [-0.2, 0) is 0 Å². The van der Waals surface area contributed by atoms with Crippen LogP contribution in [-0.4, -0.2) is 47.6 Å². The molecule has 0 saturated carbocycles. The van der Waals surface area contributed by atoms with Crippen molar-refractivity contribution in [3.05, 3.63) is 48.9 Å². The van der Waals surface area contributed by atoms with E-state index < -0.39 is 0 Å². The number of hydrogen-bond donors (Lipinski definition) is 1. The standard InChI is InChI=1S/C19H20N4/c1-22-10-15-11-23(12-18(15)22)16-7-14(8-20-9-16)17-4-2-3-13-5-6-21-19(13)17/h2-9,15,18,21H,10-12H2,1H3/t15-,18-/m1/s1. The van der Waals surface area contributed by atoms with E-state index in [1.807, 2.05) is 18.6 Å². The molecule has 2 aliphatic heterocycles. The third-order valence-electron chi connectivity index (χ3n) is 5.48. The lowest BCUT2D eigenvalue weighted by Gasteiger charge is -2.40. The number of anilines is 1. The average molecular weight is 304 g/mol. The summed E-state index contributed by atoms with van der Waals surface area (Å²) < 4.78 is 0. The maximum Gasteiger partial charge on any atom is 0.0559 e. The molecule has 2 aromatic heterocycles. The van der Waals surface area contributed by atoms with E-state index in [0.29, 0.717) is 0 Å². The Morgan fingerprint density at radius 2 is 2.09 bits per heavy atom. The number of hydrogen-bond acceptors (Lipinski definition) is 3. The minimum Gasteiger partial charge on any atom is -0.368 e. The van der Waals surface area contributed by atoms with Gasteiger partial charge in [0.15, 0.2) is 0 Å². The lowest BCUT2D eigenvalue weighted by atomic mass is 9.93. The van der Waals surface area contributed by atoms with E-state index in [9.17, 15) is 0 Å². The second-order valence-electron chi connectivity index (χ2n) is 6.85. The van der Waals surface area contributed by atoms with Gasteiger partial charge in [-0.05, 0) is 24.6 Å². The lowest BCUT2D eigenvalue weighted by molar-refractivity contribution is 0.0827. The van der Waals surface area contributed by atoms with Crippen LogP contribution in [0.3, 0.4) is 0 Å². The van der Waals surface area contributed by atoms with E-state index in [-0.39, 0.29) is 0 Å². The molecule has 116 valence electrons. The van der Waals surface area contributed by atoms with Crippen molar-refractivity contribution < 1.29 is 0 Å². The first-order valence-corrected chi connectivity index (χ1v) is 8.26. The lowest BCUT2D eigenvalue weighted by Crippen LogP contribution is -2.52. The van der Waals surface area contributed by atoms with E-state index in [2.05, 4.69) is 57.1 Å². The summed E-state index contributed by atoms with van der Waals surface area (Å²) in [5, 5.41) is 1.24. The Morgan fingerprint density at radius 1 is 1.13 bits per heavy atom. The van der Waals surface area contributed by atoms with E-state index in [1.54, 1.807) is 0 Å². The zero-order valence-electron chi connectivity index (χ0n) is 13.2. The van der Waals surface area contributed by atoms with Crippen LogP contribution in [0, 0.1) is 5.92 Å². The average Bonchev–Trinajstić information content (AvgIpc) is 3.18. The zero-order chi connectivity index (χ0) is 15.4. The molecule has 0 unspecified atom stereocenters. The Balaban J connectivity index is 1.52. The Hall–Kier alpha value is -2.33. The normalized spacial score (nSPS) is 24.0. The number of nitrogens with zero attached hydrogens (tertiary/aromatic N) is 3. The fraction of sp³-hybridized carbons (Fsp3) is 0.316. The first kappa shape index (κ1) is 13.1. The maximum atomic E-state index is 4.52. The Labute approximate surface area is 135 Å². The van der Waals surface area contributed by atoms with E-state index in [1.165, 1.54) is 34.3 Å². The van der Waals surface area contributed by atoms with Crippen LogP contribution >= 0.6 is 0 Å². The van der Waals surface area contributed by atoms with Crippen molar-refractivity contribution in [3.63, 3.8) is 0 Å². The number of likely N-dealkylation sites (N-methyl/N-ethyl adjacent to an activating group) is 1. The molecule has 3 aromatic rings. The molecule has 0 radical (unpaired) electrons. The van der Waals surface area contributed by atoms with Gasteiger partial charge in [0.05, 0.1) is 17.4 Å². The van der Waals surface area contributed by atoms with Crippen molar-refractivity contribution in [3.8, 4) is 11.1 Å². The number of para-hydroxylation sites is 1. The smallest absolute Gasteiger partial charge is 0.0559 e. The van der Waals surface area contributed by atoms with Gasteiger partial charge in [-0.2, -0.15) is 0 Å². The molecule has 0 amide bonds. The van der Waals surface area contributed by atoms with Crippen LogP contribution in [0.2, 0.25) is 0 Å². The van der Waals surface area contributed by atoms with Crippen LogP contribution in [0.1, 0.15) is 0 Å². The van der Waals surface area contributed by atoms with E-state index in [0.717, 1.165) is 25.0 Å². The third kappa shape index (κ3) is 1.98.